The van der Waals surface area contributed by atoms with Gasteiger partial charge in [0.05, 0.1) is 18.3 Å². The van der Waals surface area contributed by atoms with Crippen molar-refractivity contribution in [1.29, 1.82) is 0 Å². The van der Waals surface area contributed by atoms with E-state index < -0.39 is 68.8 Å². The number of ketones is 2. The molecule has 0 aliphatic heterocycles. The van der Waals surface area contributed by atoms with Gasteiger partial charge in [-0.1, -0.05) is 46.3 Å². The zero-order valence-corrected chi connectivity index (χ0v) is 25.7. The monoisotopic (exact) mass is 562 g/mol. The maximum absolute atomic E-state index is 14.3. The molecule has 4 N–H and O–H groups in total. The molecular formula is C32H50O8. The number of carbonyl (C=O) groups is 3. The summed E-state index contributed by atoms with van der Waals surface area (Å²) in [4.78, 5) is 39.4. The van der Waals surface area contributed by atoms with Crippen LogP contribution in [0.2, 0.25) is 0 Å². The van der Waals surface area contributed by atoms with Gasteiger partial charge in [-0.3, -0.25) is 14.4 Å². The second-order valence-corrected chi connectivity index (χ2v) is 15.4. The summed E-state index contributed by atoms with van der Waals surface area (Å²) < 4.78 is 5.32. The highest BCUT2D eigenvalue weighted by molar-refractivity contribution is 5.90. The van der Waals surface area contributed by atoms with Gasteiger partial charge in [0.1, 0.15) is 17.0 Å². The van der Waals surface area contributed by atoms with Gasteiger partial charge in [0, 0.05) is 36.5 Å². The lowest BCUT2D eigenvalue weighted by Gasteiger charge is -2.65. The van der Waals surface area contributed by atoms with Crippen molar-refractivity contribution in [2.24, 2.45) is 39.4 Å². The standard InChI is InChI=1S/C32H50O8/c1-17(33)40-27(2,3)13-12-23(36)32(9,39)25-21(35)15-29(6)22-11-10-18-19(14-20(34)26(38)28(18,4)5)31(22,8)24(37)16-30(25,29)7/h10,19-22,25-26,34-35,38-39H,11-16H2,1-9H3/t19-,20-,21+,22+,25+,26+,29-,30+,31-,32-/m0/s1. The molecule has 4 rings (SSSR count). The van der Waals surface area contributed by atoms with Crippen molar-refractivity contribution in [2.45, 2.75) is 130 Å². The lowest BCUT2D eigenvalue weighted by molar-refractivity contribution is -0.188. The van der Waals surface area contributed by atoms with E-state index in [1.807, 2.05) is 27.7 Å². The summed E-state index contributed by atoms with van der Waals surface area (Å²) in [7, 11) is 0. The third kappa shape index (κ3) is 4.26. The van der Waals surface area contributed by atoms with E-state index >= 15 is 0 Å². The molecule has 226 valence electrons. The molecule has 0 heterocycles. The molecule has 0 radical (unpaired) electrons. The van der Waals surface area contributed by atoms with Gasteiger partial charge in [0.15, 0.2) is 5.78 Å². The van der Waals surface area contributed by atoms with Crippen LogP contribution in [0.4, 0.5) is 0 Å². The first-order chi connectivity index (χ1) is 18.1. The fourth-order valence-corrected chi connectivity index (χ4v) is 9.83. The average molecular weight is 563 g/mol. The molecule has 8 nitrogen and oxygen atoms in total. The van der Waals surface area contributed by atoms with Crippen LogP contribution in [0.3, 0.4) is 0 Å². The Morgan fingerprint density at radius 1 is 1.02 bits per heavy atom. The molecule has 0 aromatic carbocycles. The van der Waals surface area contributed by atoms with E-state index in [1.165, 1.54) is 13.8 Å². The Bertz CT molecular complexity index is 1120. The van der Waals surface area contributed by atoms with Crippen LogP contribution in [0, 0.1) is 39.4 Å². The first-order valence-electron chi connectivity index (χ1n) is 14.8. The van der Waals surface area contributed by atoms with E-state index in [9.17, 15) is 34.8 Å². The zero-order chi connectivity index (χ0) is 30.4. The van der Waals surface area contributed by atoms with Crippen LogP contribution in [0.1, 0.15) is 101 Å². The Labute approximate surface area is 238 Å². The van der Waals surface area contributed by atoms with Gasteiger partial charge in [0.2, 0.25) is 0 Å². The Balaban J connectivity index is 1.70. The van der Waals surface area contributed by atoms with Crippen LogP contribution in [-0.4, -0.2) is 67.5 Å². The van der Waals surface area contributed by atoms with Gasteiger partial charge in [-0.05, 0) is 69.1 Å². The second kappa shape index (κ2) is 9.45. The van der Waals surface area contributed by atoms with Crippen molar-refractivity contribution < 1.29 is 39.5 Å². The minimum Gasteiger partial charge on any atom is -0.460 e. The van der Waals surface area contributed by atoms with E-state index in [0.29, 0.717) is 19.3 Å². The number of carbonyl (C=O) groups excluding carboxylic acids is 3. The third-order valence-electron chi connectivity index (χ3n) is 12.2. The Hall–Kier alpha value is -1.61. The zero-order valence-electron chi connectivity index (χ0n) is 25.7. The number of Topliss-reactive ketones (excluding diaryl/α,β-unsaturated/α-hetero) is 2. The first kappa shape index (κ1) is 31.3. The van der Waals surface area contributed by atoms with Crippen molar-refractivity contribution in [3.8, 4) is 0 Å². The first-order valence-corrected chi connectivity index (χ1v) is 14.8. The molecule has 0 spiro atoms. The average Bonchev–Trinajstić information content (AvgIpc) is 3.01. The number of aliphatic hydroxyl groups excluding tert-OH is 3. The van der Waals surface area contributed by atoms with Crippen molar-refractivity contribution >= 4 is 17.5 Å². The molecule has 3 saturated carbocycles. The van der Waals surface area contributed by atoms with Crippen LogP contribution < -0.4 is 0 Å². The molecule has 40 heavy (non-hydrogen) atoms. The van der Waals surface area contributed by atoms with Crippen molar-refractivity contribution in [1.82, 2.24) is 0 Å². The lowest BCUT2D eigenvalue weighted by atomic mass is 9.38. The molecule has 4 aliphatic rings. The molecule has 0 saturated heterocycles. The fraction of sp³-hybridized carbons (Fsp3) is 0.844. The van der Waals surface area contributed by atoms with Crippen LogP contribution in [-0.2, 0) is 19.1 Å². The van der Waals surface area contributed by atoms with E-state index in [4.69, 9.17) is 4.74 Å². The van der Waals surface area contributed by atoms with Crippen LogP contribution in [0.5, 0.6) is 0 Å². The van der Waals surface area contributed by atoms with E-state index in [0.717, 1.165) is 5.57 Å². The third-order valence-corrected chi connectivity index (χ3v) is 12.2. The van der Waals surface area contributed by atoms with Crippen molar-refractivity contribution in [2.75, 3.05) is 0 Å². The number of hydrogen-bond acceptors (Lipinski definition) is 8. The summed E-state index contributed by atoms with van der Waals surface area (Å²) >= 11 is 0. The van der Waals surface area contributed by atoms with E-state index in [1.54, 1.807) is 13.8 Å². The van der Waals surface area contributed by atoms with Crippen molar-refractivity contribution in [3.63, 3.8) is 0 Å². The molecule has 0 amide bonds. The molecule has 0 aromatic heterocycles. The fourth-order valence-electron chi connectivity index (χ4n) is 9.83. The summed E-state index contributed by atoms with van der Waals surface area (Å²) in [5.74, 6) is -2.15. The molecular weight excluding hydrogens is 512 g/mol. The van der Waals surface area contributed by atoms with Gasteiger partial charge in [0.25, 0.3) is 0 Å². The quantitative estimate of drug-likeness (QED) is 0.285. The minimum atomic E-state index is -1.89. The number of esters is 1. The normalized spacial score (nSPS) is 44.0. The summed E-state index contributed by atoms with van der Waals surface area (Å²) in [6.45, 7) is 16.1. The highest BCUT2D eigenvalue weighted by atomic mass is 16.6. The predicted molar refractivity (Wildman–Crippen MR) is 149 cm³/mol. The largest absolute Gasteiger partial charge is 0.460 e. The van der Waals surface area contributed by atoms with Gasteiger partial charge in [-0.15, -0.1) is 0 Å². The number of allylic oxidation sites excluding steroid dienone is 1. The second-order valence-electron chi connectivity index (χ2n) is 15.4. The molecule has 4 aliphatic carbocycles. The highest BCUT2D eigenvalue weighted by Crippen LogP contribution is 2.74. The van der Waals surface area contributed by atoms with Gasteiger partial charge >= 0.3 is 5.97 Å². The summed E-state index contributed by atoms with van der Waals surface area (Å²) in [6.07, 6.45) is 0.776. The van der Waals surface area contributed by atoms with Crippen LogP contribution in [0.15, 0.2) is 11.6 Å². The molecule has 0 aromatic rings. The Morgan fingerprint density at radius 3 is 2.20 bits per heavy atom. The van der Waals surface area contributed by atoms with Gasteiger partial charge < -0.3 is 25.2 Å². The minimum absolute atomic E-state index is 0.0193. The van der Waals surface area contributed by atoms with Gasteiger partial charge in [-0.2, -0.15) is 0 Å². The van der Waals surface area contributed by atoms with E-state index in [2.05, 4.69) is 13.0 Å². The maximum atomic E-state index is 14.3. The number of hydrogen-bond donors (Lipinski definition) is 4. The topological polar surface area (TPSA) is 141 Å². The summed E-state index contributed by atoms with van der Waals surface area (Å²) in [5, 5.41) is 45.0. The van der Waals surface area contributed by atoms with Crippen LogP contribution in [0.25, 0.3) is 0 Å². The number of rotatable bonds is 6. The molecule has 0 bridgehead atoms. The predicted octanol–water partition coefficient (Wildman–Crippen LogP) is 3.52. The van der Waals surface area contributed by atoms with Gasteiger partial charge in [-0.25, -0.2) is 0 Å². The van der Waals surface area contributed by atoms with Crippen molar-refractivity contribution in [3.05, 3.63) is 11.6 Å². The number of fused-ring (bicyclic) bond motifs is 5. The molecule has 3 fully saturated rings. The molecule has 8 heteroatoms. The SMILES string of the molecule is CC(=O)OC(C)(C)CCC(=O)[C@](C)(O)[C@@H]1[C@H](O)C[C@@]2(C)[C@H]3CC=C4[C@H](C[C@H](O)[C@@H](O)C4(C)C)[C@]3(C)C(=O)C[C@]12C. The Morgan fingerprint density at radius 2 is 1.62 bits per heavy atom. The smallest absolute Gasteiger partial charge is 0.303 e. The number of ether oxygens (including phenoxy) is 1. The molecule has 10 atom stereocenters. The highest BCUT2D eigenvalue weighted by Gasteiger charge is 2.74. The summed E-state index contributed by atoms with van der Waals surface area (Å²) in [5.41, 5.74) is -4.68. The molecule has 0 unspecified atom stereocenters. The number of aliphatic hydroxyl groups is 4. The Kier molecular flexibility index (Phi) is 7.40. The van der Waals surface area contributed by atoms with E-state index in [-0.39, 0.29) is 36.9 Å². The maximum Gasteiger partial charge on any atom is 0.303 e. The summed E-state index contributed by atoms with van der Waals surface area (Å²) in [6, 6.07) is 0. The van der Waals surface area contributed by atoms with Crippen LogP contribution >= 0.6 is 0 Å². The lowest BCUT2D eigenvalue weighted by Crippen LogP contribution is -2.65.